The number of carboxylic acids is 4. The van der Waals surface area contributed by atoms with E-state index in [1.54, 1.807) is 0 Å². The summed E-state index contributed by atoms with van der Waals surface area (Å²) < 4.78 is 136. The van der Waals surface area contributed by atoms with Gasteiger partial charge in [0.1, 0.15) is 0 Å². The van der Waals surface area contributed by atoms with Gasteiger partial charge in [-0.3, -0.25) is 19.2 Å². The van der Waals surface area contributed by atoms with Gasteiger partial charge >= 0.3 is 58.0 Å². The molecular weight excluding hydrogens is 1050 g/mol. The van der Waals surface area contributed by atoms with Gasteiger partial charge in [-0.15, -0.1) is 41.0 Å². The second-order valence-electron chi connectivity index (χ2n) is 11.3. The summed E-state index contributed by atoms with van der Waals surface area (Å²) in [5, 5.41) is 60.8. The van der Waals surface area contributed by atoms with Crippen molar-refractivity contribution < 1.29 is 189 Å². The van der Waals surface area contributed by atoms with E-state index in [1.807, 2.05) is 0 Å². The van der Waals surface area contributed by atoms with E-state index in [4.69, 9.17) is 95.0 Å². The molecule has 0 amide bonds. The molecule has 2 fully saturated rings. The molecule has 0 spiro atoms. The van der Waals surface area contributed by atoms with Crippen LogP contribution in [0.1, 0.15) is 0 Å². The van der Waals surface area contributed by atoms with E-state index in [1.165, 1.54) is 0 Å². The van der Waals surface area contributed by atoms with Crippen LogP contribution < -0.4 is 117 Å². The van der Waals surface area contributed by atoms with Crippen LogP contribution in [0, 0.1) is 64.6 Å². The van der Waals surface area contributed by atoms with E-state index >= 15 is 0 Å². The van der Waals surface area contributed by atoms with E-state index in [0.717, 1.165) is 0 Å². The number of carboxylic acid groups (broad SMARTS) is 4. The molecule has 378 valence electrons. The van der Waals surface area contributed by atoms with E-state index in [2.05, 4.69) is 42.5 Å². The molecular formula is C24H48Cl4Cu2N8O24. The summed E-state index contributed by atoms with van der Waals surface area (Å²) in [6.45, 7) is 8.14. The number of hydrogen-bond donors (Lipinski definition) is 12. The van der Waals surface area contributed by atoms with Crippen molar-refractivity contribution in [3.05, 3.63) is 0 Å². The third-order valence-corrected chi connectivity index (χ3v) is 6.44. The van der Waals surface area contributed by atoms with Crippen LogP contribution >= 0.6 is 0 Å². The molecule has 32 nitrogen and oxygen atoms in total. The molecule has 0 bridgehead atoms. The Bertz CT molecular complexity index is 911. The molecule has 2 saturated heterocycles. The number of hydrogen-bond acceptors (Lipinski definition) is 28. The van der Waals surface area contributed by atoms with Crippen molar-refractivity contribution in [3.8, 4) is 0 Å². The summed E-state index contributed by atoms with van der Waals surface area (Å²) in [6.07, 6.45) is 0. The van der Waals surface area contributed by atoms with E-state index in [0.29, 0.717) is 105 Å². The molecule has 0 aromatic carbocycles. The van der Waals surface area contributed by atoms with Gasteiger partial charge in [0, 0.05) is 105 Å². The standard InChI is InChI=1S/2C12H24N4O4.4ClHO4.2Cu/c2*17-11(18)9-5-13-1-2-14-6-10(12(19)20)8-16-4-3-15-7-9;4*2-1(3,4)5;;/h2*9-10,13-16H,1-8H2,(H,17,18)(H,19,20);4*(H,2,3,4,5);;/q;;;;;;2*+2/p-4. The van der Waals surface area contributed by atoms with Crippen LogP contribution in [-0.2, 0) is 53.3 Å². The Morgan fingerprint density at radius 2 is 0.371 bits per heavy atom. The minimum Gasteiger partial charge on any atom is -0.481 e. The van der Waals surface area contributed by atoms with Crippen molar-refractivity contribution in [2.45, 2.75) is 0 Å². The van der Waals surface area contributed by atoms with Gasteiger partial charge in [-0.05, 0) is 0 Å². The SMILES string of the molecule is O=C(O)C1CNCCNCC(C(=O)O)CNCCNC1.O=C(O)C1CNCCNCC(C(=O)O)CNCCNC1.[Cu+2].[Cu+2].[O-][Cl+3]([O-])([O-])[O-].[O-][Cl+3]([O-])([O-])[O-].[O-][Cl+3]([O-])([O-])[O-].[O-][Cl+3]([O-])([O-])[O-]. The normalized spacial score (nSPS) is 21.5. The van der Waals surface area contributed by atoms with E-state index in [9.17, 15) is 19.2 Å². The summed E-state index contributed by atoms with van der Waals surface area (Å²) in [7, 11) is -19.8. The van der Waals surface area contributed by atoms with Gasteiger partial charge in [0.25, 0.3) is 0 Å². The van der Waals surface area contributed by atoms with E-state index in [-0.39, 0.29) is 34.1 Å². The largest absolute Gasteiger partial charge is 2.00 e. The number of aliphatic carboxylic acids is 4. The maximum absolute atomic E-state index is 11.0. The zero-order valence-corrected chi connectivity index (χ0v) is 36.6. The van der Waals surface area contributed by atoms with Crippen LogP contribution in [0.4, 0.5) is 0 Å². The van der Waals surface area contributed by atoms with Gasteiger partial charge in [-0.25, -0.2) is 74.5 Å². The molecule has 0 atom stereocenters. The fraction of sp³-hybridized carbons (Fsp3) is 0.833. The second-order valence-corrected chi connectivity index (χ2v) is 14.3. The van der Waals surface area contributed by atoms with Crippen LogP contribution in [0.3, 0.4) is 0 Å². The van der Waals surface area contributed by atoms with Crippen LogP contribution in [0.5, 0.6) is 0 Å². The molecule has 0 aliphatic carbocycles. The van der Waals surface area contributed by atoms with Gasteiger partial charge in [0.2, 0.25) is 0 Å². The Labute approximate surface area is 382 Å². The van der Waals surface area contributed by atoms with Gasteiger partial charge in [-0.2, -0.15) is 0 Å². The molecule has 0 unspecified atom stereocenters. The molecule has 2 radical (unpaired) electrons. The monoisotopic (exact) mass is 1100 g/mol. The quantitative estimate of drug-likeness (QED) is 0.116. The molecule has 12 N–H and O–H groups in total. The molecule has 2 aliphatic rings. The second kappa shape index (κ2) is 41.5. The number of carbonyl (C=O) groups is 4. The van der Waals surface area contributed by atoms with Crippen LogP contribution in [0.2, 0.25) is 0 Å². The minimum absolute atomic E-state index is 0. The molecule has 0 saturated carbocycles. The zero-order chi connectivity index (χ0) is 47.6. The predicted octanol–water partition coefficient (Wildman–Crippen LogP) is -23.5. The third-order valence-electron chi connectivity index (χ3n) is 6.44. The summed E-state index contributed by atoms with van der Waals surface area (Å²) in [5.74, 6) is -5.08. The number of rotatable bonds is 4. The average Bonchev–Trinajstić information content (AvgIpc) is 3.03. The first-order valence-corrected chi connectivity index (χ1v) is 21.2. The van der Waals surface area contributed by atoms with Crippen molar-refractivity contribution in [1.82, 2.24) is 42.5 Å². The fourth-order valence-corrected chi connectivity index (χ4v) is 3.90. The summed E-state index contributed by atoms with van der Waals surface area (Å²) in [6, 6.07) is 0. The van der Waals surface area contributed by atoms with E-state index < -0.39 is 88.5 Å². The molecule has 38 heteroatoms. The number of nitrogens with one attached hydrogen (secondary N) is 8. The van der Waals surface area contributed by atoms with Gasteiger partial charge in [0.15, 0.2) is 0 Å². The van der Waals surface area contributed by atoms with Crippen molar-refractivity contribution in [2.24, 2.45) is 23.7 Å². The average molecular weight is 1100 g/mol. The minimum atomic E-state index is -4.94. The summed E-state index contributed by atoms with van der Waals surface area (Å²) in [4.78, 5) is 44.1. The van der Waals surface area contributed by atoms with Crippen LogP contribution in [0.15, 0.2) is 0 Å². The molecule has 2 aliphatic heterocycles. The maximum atomic E-state index is 11.0. The molecule has 2 heterocycles. The van der Waals surface area contributed by atoms with Gasteiger partial charge in [0.05, 0.1) is 23.7 Å². The smallest absolute Gasteiger partial charge is 0.481 e. The van der Waals surface area contributed by atoms with Crippen molar-refractivity contribution in [1.29, 1.82) is 0 Å². The first-order chi connectivity index (χ1) is 27.2. The molecule has 2 rings (SSSR count). The summed E-state index contributed by atoms with van der Waals surface area (Å²) in [5.41, 5.74) is 0. The first kappa shape index (κ1) is 72.7. The Morgan fingerprint density at radius 1 is 0.290 bits per heavy atom. The Hall–Kier alpha value is -0.881. The Balaban J connectivity index is -0.000000173. The zero-order valence-electron chi connectivity index (χ0n) is 31.7. The van der Waals surface area contributed by atoms with Gasteiger partial charge < -0.3 is 63.0 Å². The molecule has 0 aromatic rings. The van der Waals surface area contributed by atoms with Crippen molar-refractivity contribution in [3.63, 3.8) is 0 Å². The topological polar surface area (TPSA) is 614 Å². The Kier molecular flexibility index (Phi) is 48.7. The van der Waals surface area contributed by atoms with Crippen molar-refractivity contribution >= 4 is 23.9 Å². The van der Waals surface area contributed by atoms with Gasteiger partial charge in [-0.1, -0.05) is 0 Å². The fourth-order valence-electron chi connectivity index (χ4n) is 3.90. The van der Waals surface area contributed by atoms with Crippen LogP contribution in [0.25, 0.3) is 0 Å². The predicted molar refractivity (Wildman–Crippen MR) is 147 cm³/mol. The van der Waals surface area contributed by atoms with Crippen molar-refractivity contribution in [2.75, 3.05) is 105 Å². The maximum Gasteiger partial charge on any atom is 2.00 e. The van der Waals surface area contributed by atoms with Crippen LogP contribution in [-0.4, -0.2) is 149 Å². The Morgan fingerprint density at radius 3 is 0.435 bits per heavy atom. The molecule has 62 heavy (non-hydrogen) atoms. The first-order valence-electron chi connectivity index (χ1n) is 16.3. The third kappa shape index (κ3) is 76.4. The number of halogens is 4. The summed E-state index contributed by atoms with van der Waals surface area (Å²) >= 11 is 0. The molecule has 0 aromatic heterocycles.